The van der Waals surface area contributed by atoms with Crippen LogP contribution >= 0.6 is 0 Å². The fourth-order valence-electron chi connectivity index (χ4n) is 1.91. The van der Waals surface area contributed by atoms with Crippen LogP contribution in [0.3, 0.4) is 0 Å². The molecule has 5 heteroatoms. The zero-order valence-electron chi connectivity index (χ0n) is 10.0. The maximum absolute atomic E-state index is 11.2. The molecule has 0 N–H and O–H groups in total. The zero-order valence-corrected chi connectivity index (χ0v) is 12.8. The first-order valence-corrected chi connectivity index (χ1v) is 6.27. The molecule has 2 aromatic rings. The van der Waals surface area contributed by atoms with Crippen molar-refractivity contribution in [3.63, 3.8) is 0 Å². The molecule has 0 aliphatic carbocycles. The molecule has 0 atom stereocenters. The van der Waals surface area contributed by atoms with Crippen molar-refractivity contribution in [1.82, 2.24) is 0 Å². The van der Waals surface area contributed by atoms with Crippen LogP contribution in [0.2, 0.25) is 0 Å². The molecule has 0 heterocycles. The average molecular weight is 258 g/mol. The van der Waals surface area contributed by atoms with Crippen LogP contribution in [0.1, 0.15) is 11.1 Å². The molecular formula is C12H11NaO3S. The van der Waals surface area contributed by atoms with E-state index in [9.17, 15) is 13.0 Å². The van der Waals surface area contributed by atoms with Crippen LogP contribution in [-0.2, 0) is 10.1 Å². The summed E-state index contributed by atoms with van der Waals surface area (Å²) >= 11 is 0. The van der Waals surface area contributed by atoms with E-state index in [-0.39, 0.29) is 34.5 Å². The van der Waals surface area contributed by atoms with Crippen molar-refractivity contribution in [3.8, 4) is 0 Å². The molecule has 17 heavy (non-hydrogen) atoms. The van der Waals surface area contributed by atoms with Gasteiger partial charge in [-0.1, -0.05) is 24.3 Å². The van der Waals surface area contributed by atoms with Gasteiger partial charge in [-0.2, -0.15) is 0 Å². The van der Waals surface area contributed by atoms with Crippen LogP contribution in [-0.4, -0.2) is 13.0 Å². The van der Waals surface area contributed by atoms with Crippen molar-refractivity contribution >= 4 is 20.9 Å². The van der Waals surface area contributed by atoms with E-state index in [4.69, 9.17) is 0 Å². The van der Waals surface area contributed by atoms with Crippen molar-refractivity contribution in [2.75, 3.05) is 0 Å². The van der Waals surface area contributed by atoms with Crippen LogP contribution in [0.5, 0.6) is 0 Å². The van der Waals surface area contributed by atoms with E-state index in [1.54, 1.807) is 19.1 Å². The second-order valence-corrected chi connectivity index (χ2v) is 5.18. The normalized spacial score (nSPS) is 11.2. The third-order valence-electron chi connectivity index (χ3n) is 2.70. The van der Waals surface area contributed by atoms with Gasteiger partial charge >= 0.3 is 29.6 Å². The molecule has 0 aliphatic heterocycles. The molecule has 0 aromatic heterocycles. The molecule has 3 nitrogen and oxygen atoms in total. The monoisotopic (exact) mass is 258 g/mol. The van der Waals surface area contributed by atoms with Gasteiger partial charge in [0, 0.05) is 5.39 Å². The van der Waals surface area contributed by atoms with E-state index in [2.05, 4.69) is 0 Å². The Kier molecular flexibility index (Phi) is 4.38. The van der Waals surface area contributed by atoms with Crippen LogP contribution in [0.25, 0.3) is 10.8 Å². The van der Waals surface area contributed by atoms with Crippen molar-refractivity contribution < 1.29 is 42.5 Å². The standard InChI is InChI=1S/C12H12O3S.Na/c1-8-6-7-11(16(13,14)15)12-9(2)4-3-5-10(8)12;/h3-7H,1-2H3,(H,13,14,15);/q;+1/p-1. The summed E-state index contributed by atoms with van der Waals surface area (Å²) in [5.74, 6) is 0. The summed E-state index contributed by atoms with van der Waals surface area (Å²) in [6.45, 7) is 3.69. The summed E-state index contributed by atoms with van der Waals surface area (Å²) in [5, 5.41) is 1.36. The molecule has 0 spiro atoms. The molecule has 2 aromatic carbocycles. The fourth-order valence-corrected chi connectivity index (χ4v) is 2.66. The second kappa shape index (κ2) is 5.08. The molecule has 0 unspecified atom stereocenters. The van der Waals surface area contributed by atoms with Crippen molar-refractivity contribution in [2.45, 2.75) is 18.7 Å². The summed E-state index contributed by atoms with van der Waals surface area (Å²) in [4.78, 5) is -0.133. The Labute approximate surface area is 123 Å². The van der Waals surface area contributed by atoms with Gasteiger partial charge < -0.3 is 4.55 Å². The van der Waals surface area contributed by atoms with E-state index in [0.717, 1.165) is 16.5 Å². The van der Waals surface area contributed by atoms with Crippen molar-refractivity contribution in [3.05, 3.63) is 41.5 Å². The third kappa shape index (κ3) is 2.72. The first-order valence-electron chi connectivity index (χ1n) is 4.86. The van der Waals surface area contributed by atoms with Gasteiger partial charge in [0.2, 0.25) is 0 Å². The largest absolute Gasteiger partial charge is 1.00 e. The Balaban J connectivity index is 0.00000144. The number of fused-ring (bicyclic) bond motifs is 1. The summed E-state index contributed by atoms with van der Waals surface area (Å²) in [6, 6.07) is 8.52. The van der Waals surface area contributed by atoms with Gasteiger partial charge in [-0.15, -0.1) is 0 Å². The van der Waals surface area contributed by atoms with Crippen LogP contribution in [0.15, 0.2) is 35.2 Å². The van der Waals surface area contributed by atoms with Gasteiger partial charge in [-0.25, -0.2) is 8.42 Å². The Hall–Kier alpha value is -0.390. The molecule has 0 aliphatic rings. The van der Waals surface area contributed by atoms with Gasteiger partial charge in [0.1, 0.15) is 10.1 Å². The number of hydrogen-bond acceptors (Lipinski definition) is 3. The quantitative estimate of drug-likeness (QED) is 0.505. The molecule has 84 valence electrons. The molecule has 0 amide bonds. The minimum Gasteiger partial charge on any atom is -0.744 e. The molecular weight excluding hydrogens is 247 g/mol. The van der Waals surface area contributed by atoms with E-state index in [0.29, 0.717) is 5.39 Å². The molecule has 0 radical (unpaired) electrons. The van der Waals surface area contributed by atoms with Gasteiger partial charge in [-0.3, -0.25) is 0 Å². The van der Waals surface area contributed by atoms with Crippen LogP contribution in [0, 0.1) is 13.8 Å². The topological polar surface area (TPSA) is 57.2 Å². The zero-order chi connectivity index (χ0) is 11.9. The third-order valence-corrected chi connectivity index (χ3v) is 3.58. The maximum Gasteiger partial charge on any atom is 1.00 e. The van der Waals surface area contributed by atoms with Gasteiger partial charge in [0.05, 0.1) is 4.90 Å². The average Bonchev–Trinajstić information content (AvgIpc) is 2.18. The number of rotatable bonds is 1. The SMILES string of the molecule is Cc1ccc(S(=O)(=O)[O-])c2c(C)cccc12.[Na+]. The predicted molar refractivity (Wildman–Crippen MR) is 61.4 cm³/mol. The maximum atomic E-state index is 11.2. The van der Waals surface area contributed by atoms with E-state index < -0.39 is 10.1 Å². The summed E-state index contributed by atoms with van der Waals surface area (Å²) in [5.41, 5.74) is 1.77. The fraction of sp³-hybridized carbons (Fsp3) is 0.167. The first kappa shape index (κ1) is 14.7. The molecule has 2 rings (SSSR count). The van der Waals surface area contributed by atoms with E-state index in [1.807, 2.05) is 19.1 Å². The molecule has 0 fully saturated rings. The Morgan fingerprint density at radius 3 is 2.24 bits per heavy atom. The Morgan fingerprint density at radius 1 is 1.00 bits per heavy atom. The van der Waals surface area contributed by atoms with Gasteiger partial charge in [-0.05, 0) is 36.4 Å². The number of aryl methyl sites for hydroxylation is 2. The van der Waals surface area contributed by atoms with Gasteiger partial charge in [0.15, 0.2) is 0 Å². The summed E-state index contributed by atoms with van der Waals surface area (Å²) < 4.78 is 33.5. The molecule has 0 saturated heterocycles. The molecule has 0 bridgehead atoms. The Morgan fingerprint density at radius 2 is 1.65 bits per heavy atom. The number of hydrogen-bond donors (Lipinski definition) is 0. The molecule has 0 saturated carbocycles. The second-order valence-electron chi connectivity index (χ2n) is 3.83. The van der Waals surface area contributed by atoms with Crippen molar-refractivity contribution in [1.29, 1.82) is 0 Å². The minimum atomic E-state index is -4.42. The van der Waals surface area contributed by atoms with Crippen molar-refractivity contribution in [2.24, 2.45) is 0 Å². The van der Waals surface area contributed by atoms with E-state index >= 15 is 0 Å². The Bertz CT molecular complexity index is 663. The number of benzene rings is 2. The summed E-state index contributed by atoms with van der Waals surface area (Å²) in [7, 11) is -4.42. The smallest absolute Gasteiger partial charge is 0.744 e. The van der Waals surface area contributed by atoms with E-state index in [1.165, 1.54) is 6.07 Å². The predicted octanol–water partition coefficient (Wildman–Crippen LogP) is -0.635. The minimum absolute atomic E-state index is 0. The van der Waals surface area contributed by atoms with Gasteiger partial charge in [0.25, 0.3) is 0 Å². The summed E-state index contributed by atoms with van der Waals surface area (Å²) in [6.07, 6.45) is 0. The first-order chi connectivity index (χ1) is 7.41. The van der Waals surface area contributed by atoms with Crippen LogP contribution in [0.4, 0.5) is 0 Å². The van der Waals surface area contributed by atoms with Crippen LogP contribution < -0.4 is 29.6 Å².